The van der Waals surface area contributed by atoms with E-state index < -0.39 is 64.2 Å². The summed E-state index contributed by atoms with van der Waals surface area (Å²) in [7, 11) is -7.08. The van der Waals surface area contributed by atoms with Crippen LogP contribution in [0.3, 0.4) is 0 Å². The predicted molar refractivity (Wildman–Crippen MR) is 126 cm³/mol. The van der Waals surface area contributed by atoms with Crippen LogP contribution in [0.2, 0.25) is 18.1 Å². The summed E-state index contributed by atoms with van der Waals surface area (Å²) in [5.41, 5.74) is -6.23. The van der Waals surface area contributed by atoms with Crippen molar-refractivity contribution in [2.45, 2.75) is 63.8 Å². The molecule has 0 bridgehead atoms. The van der Waals surface area contributed by atoms with Crippen LogP contribution >= 0.6 is 0 Å². The number of rotatable bonds is 8. The first-order chi connectivity index (χ1) is 16.2. The molecular formula is C21H29F3N2O8SSi. The van der Waals surface area contributed by atoms with Gasteiger partial charge in [-0.25, -0.2) is 0 Å². The average Bonchev–Trinajstić information content (AvgIpc) is 3.11. The SMILES string of the molecule is COc1cc(C(=O)N2C=C(OS(=O)(=O)C(F)(F)F)C[C@H]2CO[Si](C)(C)C(C)(C)C)c([N+](=O)[O-])cc1C. The Balaban J connectivity index is 2.52. The second-order valence-electron chi connectivity index (χ2n) is 9.82. The molecule has 0 aromatic heterocycles. The topological polar surface area (TPSA) is 125 Å². The van der Waals surface area contributed by atoms with Gasteiger partial charge in [-0.2, -0.15) is 21.6 Å². The van der Waals surface area contributed by atoms with Gasteiger partial charge < -0.3 is 18.2 Å². The second-order valence-corrected chi connectivity index (χ2v) is 16.2. The Kier molecular flexibility index (Phi) is 8.22. The van der Waals surface area contributed by atoms with Crippen LogP contribution in [0.15, 0.2) is 24.1 Å². The monoisotopic (exact) mass is 554 g/mol. The Morgan fingerprint density at radius 2 is 1.83 bits per heavy atom. The number of nitro benzene ring substituents is 1. The van der Waals surface area contributed by atoms with Gasteiger partial charge in [-0.05, 0) is 30.6 Å². The van der Waals surface area contributed by atoms with Crippen LogP contribution in [-0.2, 0) is 18.7 Å². The number of amides is 1. The third kappa shape index (κ3) is 6.18. The minimum Gasteiger partial charge on any atom is -0.496 e. The number of benzene rings is 1. The van der Waals surface area contributed by atoms with Crippen molar-refractivity contribution < 1.29 is 44.7 Å². The van der Waals surface area contributed by atoms with Gasteiger partial charge >= 0.3 is 15.6 Å². The van der Waals surface area contributed by atoms with Crippen LogP contribution in [0.1, 0.15) is 43.1 Å². The lowest BCUT2D eigenvalue weighted by Gasteiger charge is -2.37. The van der Waals surface area contributed by atoms with Crippen molar-refractivity contribution in [2.24, 2.45) is 0 Å². The first kappa shape index (κ1) is 29.6. The number of methoxy groups -OCH3 is 1. The molecule has 2 rings (SSSR count). The van der Waals surface area contributed by atoms with Crippen LogP contribution in [0, 0.1) is 17.0 Å². The van der Waals surface area contributed by atoms with Crippen molar-refractivity contribution in [1.82, 2.24) is 4.90 Å². The highest BCUT2D eigenvalue weighted by molar-refractivity contribution is 7.87. The maximum atomic E-state index is 13.4. The van der Waals surface area contributed by atoms with E-state index in [2.05, 4.69) is 4.18 Å². The number of hydrogen-bond acceptors (Lipinski definition) is 8. The lowest BCUT2D eigenvalue weighted by molar-refractivity contribution is -0.385. The average molecular weight is 555 g/mol. The number of alkyl halides is 3. The van der Waals surface area contributed by atoms with Crippen molar-refractivity contribution in [3.8, 4) is 5.75 Å². The van der Waals surface area contributed by atoms with E-state index in [1.54, 1.807) is 6.92 Å². The third-order valence-corrected chi connectivity index (χ3v) is 11.7. The zero-order valence-corrected chi connectivity index (χ0v) is 22.7. The molecule has 1 aliphatic rings. The number of carbonyl (C=O) groups excluding carboxylic acids is 1. The molecule has 1 aromatic carbocycles. The van der Waals surface area contributed by atoms with Gasteiger partial charge in [0.1, 0.15) is 17.1 Å². The molecule has 0 aliphatic carbocycles. The molecule has 0 saturated carbocycles. The molecule has 202 valence electrons. The summed E-state index contributed by atoms with van der Waals surface area (Å²) in [5.74, 6) is -1.42. The first-order valence-electron chi connectivity index (χ1n) is 10.7. The molecule has 0 fully saturated rings. The Hall–Kier alpha value is -2.65. The molecule has 10 nitrogen and oxygen atoms in total. The Morgan fingerprint density at radius 1 is 1.25 bits per heavy atom. The number of halogens is 3. The van der Waals surface area contributed by atoms with E-state index in [1.807, 2.05) is 33.9 Å². The van der Waals surface area contributed by atoms with Gasteiger partial charge in [-0.3, -0.25) is 14.9 Å². The number of hydrogen-bond donors (Lipinski definition) is 0. The molecule has 1 amide bonds. The highest BCUT2D eigenvalue weighted by Gasteiger charge is 2.50. The van der Waals surface area contributed by atoms with Crippen molar-refractivity contribution in [3.05, 3.63) is 45.3 Å². The van der Waals surface area contributed by atoms with Crippen molar-refractivity contribution in [2.75, 3.05) is 13.7 Å². The maximum Gasteiger partial charge on any atom is 0.534 e. The molecule has 0 saturated heterocycles. The summed E-state index contributed by atoms with van der Waals surface area (Å²) in [6.07, 6.45) is 0.397. The van der Waals surface area contributed by atoms with Crippen LogP contribution in [0.5, 0.6) is 5.75 Å². The third-order valence-electron chi connectivity index (χ3n) is 6.23. The smallest absolute Gasteiger partial charge is 0.496 e. The number of carbonyl (C=O) groups is 1. The van der Waals surface area contributed by atoms with E-state index in [0.29, 0.717) is 5.56 Å². The van der Waals surface area contributed by atoms with E-state index in [9.17, 15) is 36.5 Å². The second kappa shape index (κ2) is 10.0. The maximum absolute atomic E-state index is 13.4. The summed E-state index contributed by atoms with van der Waals surface area (Å²) in [4.78, 5) is 25.2. The fourth-order valence-electron chi connectivity index (χ4n) is 3.13. The zero-order valence-electron chi connectivity index (χ0n) is 20.9. The van der Waals surface area contributed by atoms with Crippen molar-refractivity contribution in [1.29, 1.82) is 0 Å². The van der Waals surface area contributed by atoms with Crippen LogP contribution in [-0.4, -0.2) is 57.7 Å². The van der Waals surface area contributed by atoms with Gasteiger partial charge in [-0.1, -0.05) is 20.8 Å². The first-order valence-corrected chi connectivity index (χ1v) is 15.0. The summed E-state index contributed by atoms with van der Waals surface area (Å²) in [6.45, 7) is 11.1. The van der Waals surface area contributed by atoms with Crippen LogP contribution in [0.4, 0.5) is 18.9 Å². The number of nitrogens with zero attached hydrogens (tertiary/aromatic N) is 2. The standard InChI is InChI=1S/C21H29F3N2O8SSi/c1-13-8-17(26(28)29)16(10-18(13)32-5)19(27)25-11-15(34-35(30,31)21(22,23)24)9-14(25)12-33-36(6,7)20(2,3)4/h8,10-11,14H,9,12H2,1-7H3/t14-/m0/s1. The molecule has 1 aliphatic heterocycles. The molecule has 15 heteroatoms. The van der Waals surface area contributed by atoms with Crippen LogP contribution < -0.4 is 4.74 Å². The molecule has 0 spiro atoms. The van der Waals surface area contributed by atoms with Gasteiger partial charge in [0.05, 0.1) is 24.7 Å². The highest BCUT2D eigenvalue weighted by Crippen LogP contribution is 2.39. The predicted octanol–water partition coefficient (Wildman–Crippen LogP) is 4.86. The van der Waals surface area contributed by atoms with E-state index >= 15 is 0 Å². The lowest BCUT2D eigenvalue weighted by Crippen LogP contribution is -2.45. The van der Waals surface area contributed by atoms with E-state index in [0.717, 1.165) is 23.2 Å². The number of nitro groups is 1. The largest absolute Gasteiger partial charge is 0.534 e. The molecule has 36 heavy (non-hydrogen) atoms. The zero-order chi connectivity index (χ0) is 27.9. The normalized spacial score (nSPS) is 17.1. The molecule has 0 N–H and O–H groups in total. The van der Waals surface area contributed by atoms with Crippen molar-refractivity contribution >= 4 is 30.0 Å². The fraction of sp³-hybridized carbons (Fsp3) is 0.571. The highest BCUT2D eigenvalue weighted by atomic mass is 32.2. The van der Waals surface area contributed by atoms with Gasteiger partial charge in [0.25, 0.3) is 11.6 Å². The minimum atomic E-state index is -5.99. The molecular weight excluding hydrogens is 525 g/mol. The Morgan fingerprint density at radius 3 is 2.31 bits per heavy atom. The van der Waals surface area contributed by atoms with Gasteiger partial charge in [-0.15, -0.1) is 0 Å². The summed E-state index contributed by atoms with van der Waals surface area (Å²) >= 11 is 0. The minimum absolute atomic E-state index is 0.158. The molecule has 0 unspecified atom stereocenters. The van der Waals surface area contributed by atoms with Crippen LogP contribution in [0.25, 0.3) is 0 Å². The fourth-order valence-corrected chi connectivity index (χ4v) is 4.66. The molecule has 1 atom stereocenters. The Labute approximate surface area is 208 Å². The van der Waals surface area contributed by atoms with Gasteiger partial charge in [0.2, 0.25) is 0 Å². The van der Waals surface area contributed by atoms with E-state index in [1.165, 1.54) is 7.11 Å². The molecule has 0 radical (unpaired) electrons. The quantitative estimate of drug-likeness (QED) is 0.147. The number of aryl methyl sites for hydroxylation is 1. The summed E-state index contributed by atoms with van der Waals surface area (Å²) in [5, 5.41) is 11.4. The van der Waals surface area contributed by atoms with Gasteiger partial charge in [0, 0.05) is 24.8 Å². The number of ether oxygens (including phenoxy) is 1. The van der Waals surface area contributed by atoms with Crippen molar-refractivity contribution in [3.63, 3.8) is 0 Å². The molecule has 1 aromatic rings. The van der Waals surface area contributed by atoms with E-state index in [4.69, 9.17) is 9.16 Å². The Bertz CT molecular complexity index is 1180. The summed E-state index contributed by atoms with van der Waals surface area (Å²) < 4.78 is 77.3. The van der Waals surface area contributed by atoms with Gasteiger partial charge in [0.15, 0.2) is 8.32 Å². The van der Waals surface area contributed by atoms with E-state index in [-0.39, 0.29) is 17.4 Å². The molecule has 1 heterocycles. The summed E-state index contributed by atoms with van der Waals surface area (Å²) in [6, 6.07) is 1.32. The lowest BCUT2D eigenvalue weighted by atomic mass is 10.1.